The van der Waals surface area contributed by atoms with Crippen molar-refractivity contribution in [1.29, 1.82) is 0 Å². The molecule has 0 aliphatic carbocycles. The molecule has 0 fully saturated rings. The maximum atomic E-state index is 11.1. The zero-order valence-corrected chi connectivity index (χ0v) is 12.2. The van der Waals surface area contributed by atoms with Gasteiger partial charge in [0, 0.05) is 6.42 Å². The van der Waals surface area contributed by atoms with Gasteiger partial charge in [-0.3, -0.25) is 4.79 Å². The van der Waals surface area contributed by atoms with E-state index in [9.17, 15) is 4.79 Å². The number of rotatable bonds is 13. The quantitative estimate of drug-likeness (QED) is 0.462. The first-order valence-corrected chi connectivity index (χ1v) is 7.71. The molecule has 1 N–H and O–H groups in total. The third-order valence-corrected chi connectivity index (χ3v) is 3.27. The van der Waals surface area contributed by atoms with Crippen LogP contribution in [0.1, 0.15) is 84.0 Å². The fourth-order valence-electron chi connectivity index (χ4n) is 2.14. The first-order chi connectivity index (χ1) is 8.81. The van der Waals surface area contributed by atoms with E-state index in [0.717, 1.165) is 6.42 Å². The summed E-state index contributed by atoms with van der Waals surface area (Å²) in [6, 6.07) is 0. The van der Waals surface area contributed by atoms with E-state index in [1.54, 1.807) is 0 Å². The van der Waals surface area contributed by atoms with Crippen molar-refractivity contribution in [1.82, 2.24) is 5.32 Å². The monoisotopic (exact) mass is 253 g/mol. The molecular weight excluding hydrogens is 222 g/mol. The van der Waals surface area contributed by atoms with Gasteiger partial charge in [-0.05, 0) is 12.6 Å². The van der Waals surface area contributed by atoms with E-state index in [1.807, 2.05) is 0 Å². The second-order valence-corrected chi connectivity index (χ2v) is 5.06. The van der Waals surface area contributed by atoms with Crippen LogP contribution >= 0.6 is 0 Å². The van der Waals surface area contributed by atoms with Crippen LogP contribution in [0, 0.1) is 0 Å². The van der Waals surface area contributed by atoms with Crippen molar-refractivity contribution >= 4 is 5.91 Å². The molecule has 0 heterocycles. The lowest BCUT2D eigenvalue weighted by molar-refractivity contribution is -0.120. The van der Waals surface area contributed by atoms with Gasteiger partial charge in [0.05, 0.1) is 0 Å². The molecule has 2 heteroatoms. The molecule has 0 bridgehead atoms. The van der Waals surface area contributed by atoms with E-state index in [0.29, 0.717) is 6.42 Å². The highest BCUT2D eigenvalue weighted by Crippen LogP contribution is 2.11. The minimum atomic E-state index is 0.0981. The summed E-state index contributed by atoms with van der Waals surface area (Å²) < 4.78 is 0. The van der Waals surface area contributed by atoms with Crippen molar-refractivity contribution in [3.05, 3.63) is 12.8 Å². The first-order valence-electron chi connectivity index (χ1n) is 7.71. The summed E-state index contributed by atoms with van der Waals surface area (Å²) in [4.78, 5) is 11.1. The zero-order valence-electron chi connectivity index (χ0n) is 12.2. The summed E-state index contributed by atoms with van der Waals surface area (Å²) in [5, 5.41) is 2.61. The number of amides is 1. The van der Waals surface area contributed by atoms with Crippen LogP contribution in [0.25, 0.3) is 0 Å². The molecule has 0 aromatic rings. The molecule has 0 saturated carbocycles. The van der Waals surface area contributed by atoms with Crippen LogP contribution in [0.2, 0.25) is 0 Å². The van der Waals surface area contributed by atoms with Gasteiger partial charge in [0.25, 0.3) is 0 Å². The standard InChI is InChI=1S/C16H31NO/c1-3-5-6-7-8-9-10-11-12-13-14-15-16(18)17-4-2/h4H,2-3,5-15H2,1H3,(H,17,18). The lowest BCUT2D eigenvalue weighted by atomic mass is 10.1. The van der Waals surface area contributed by atoms with Gasteiger partial charge in [-0.1, -0.05) is 77.7 Å². The molecule has 0 spiro atoms. The van der Waals surface area contributed by atoms with Crippen LogP contribution in [0.5, 0.6) is 0 Å². The van der Waals surface area contributed by atoms with Crippen LogP contribution in [0.4, 0.5) is 0 Å². The third kappa shape index (κ3) is 13.3. The normalized spacial score (nSPS) is 10.3. The van der Waals surface area contributed by atoms with Gasteiger partial charge < -0.3 is 5.32 Å². The molecule has 0 aliphatic heterocycles. The Balaban J connectivity index is 3.03. The summed E-state index contributed by atoms with van der Waals surface area (Å²) in [6.45, 7) is 5.73. The highest BCUT2D eigenvalue weighted by molar-refractivity contribution is 5.76. The largest absolute Gasteiger partial charge is 0.333 e. The second kappa shape index (κ2) is 14.3. The second-order valence-electron chi connectivity index (χ2n) is 5.06. The first kappa shape index (κ1) is 17.2. The number of carbonyl (C=O) groups excluding carboxylic acids is 1. The number of carbonyl (C=O) groups is 1. The SMILES string of the molecule is C=CNC(=O)CCCCCCCCCCCCC. The fraction of sp³-hybridized carbons (Fsp3) is 0.812. The number of nitrogens with one attached hydrogen (secondary N) is 1. The Morgan fingerprint density at radius 1 is 0.889 bits per heavy atom. The minimum absolute atomic E-state index is 0.0981. The maximum absolute atomic E-state index is 11.1. The van der Waals surface area contributed by atoms with Crippen molar-refractivity contribution in [2.75, 3.05) is 0 Å². The molecular formula is C16H31NO. The molecule has 0 aliphatic rings. The Kier molecular flexibility index (Phi) is 13.6. The molecule has 0 radical (unpaired) electrons. The van der Waals surface area contributed by atoms with Crippen molar-refractivity contribution in [3.63, 3.8) is 0 Å². The summed E-state index contributed by atoms with van der Waals surface area (Å²) in [6.07, 6.45) is 16.6. The van der Waals surface area contributed by atoms with Crippen molar-refractivity contribution in [2.45, 2.75) is 84.0 Å². The number of unbranched alkanes of at least 4 members (excludes halogenated alkanes) is 10. The fourth-order valence-corrected chi connectivity index (χ4v) is 2.14. The Labute approximate surface area is 113 Å². The smallest absolute Gasteiger partial charge is 0.223 e. The highest BCUT2D eigenvalue weighted by Gasteiger charge is 1.98. The van der Waals surface area contributed by atoms with Crippen LogP contribution in [0.15, 0.2) is 12.8 Å². The number of hydrogen-bond acceptors (Lipinski definition) is 1. The Morgan fingerprint density at radius 3 is 1.78 bits per heavy atom. The molecule has 0 rings (SSSR count). The van der Waals surface area contributed by atoms with Crippen LogP contribution in [0.3, 0.4) is 0 Å². The van der Waals surface area contributed by atoms with Gasteiger partial charge in [0.1, 0.15) is 0 Å². The highest BCUT2D eigenvalue weighted by atomic mass is 16.1. The molecule has 0 aromatic carbocycles. The van der Waals surface area contributed by atoms with E-state index in [2.05, 4.69) is 18.8 Å². The van der Waals surface area contributed by atoms with Gasteiger partial charge in [-0.15, -0.1) is 0 Å². The van der Waals surface area contributed by atoms with Gasteiger partial charge in [0.2, 0.25) is 5.91 Å². The summed E-state index contributed by atoms with van der Waals surface area (Å²) in [5.74, 6) is 0.0981. The summed E-state index contributed by atoms with van der Waals surface area (Å²) in [5.41, 5.74) is 0. The predicted molar refractivity (Wildman–Crippen MR) is 79.4 cm³/mol. The van der Waals surface area contributed by atoms with E-state index in [-0.39, 0.29) is 5.91 Å². The predicted octanol–water partition coefficient (Wildman–Crippen LogP) is 4.95. The van der Waals surface area contributed by atoms with Gasteiger partial charge in [-0.2, -0.15) is 0 Å². The van der Waals surface area contributed by atoms with E-state index in [4.69, 9.17) is 0 Å². The van der Waals surface area contributed by atoms with Crippen molar-refractivity contribution in [3.8, 4) is 0 Å². The Hall–Kier alpha value is -0.790. The van der Waals surface area contributed by atoms with Crippen LogP contribution in [-0.2, 0) is 4.79 Å². The average molecular weight is 253 g/mol. The Morgan fingerprint density at radius 2 is 1.33 bits per heavy atom. The van der Waals surface area contributed by atoms with Crippen LogP contribution in [-0.4, -0.2) is 5.91 Å². The summed E-state index contributed by atoms with van der Waals surface area (Å²) in [7, 11) is 0. The van der Waals surface area contributed by atoms with Gasteiger partial charge >= 0.3 is 0 Å². The molecule has 18 heavy (non-hydrogen) atoms. The molecule has 106 valence electrons. The average Bonchev–Trinajstić information content (AvgIpc) is 2.36. The third-order valence-electron chi connectivity index (χ3n) is 3.27. The summed E-state index contributed by atoms with van der Waals surface area (Å²) >= 11 is 0. The number of hydrogen-bond donors (Lipinski definition) is 1. The topological polar surface area (TPSA) is 29.1 Å². The van der Waals surface area contributed by atoms with E-state index in [1.165, 1.54) is 70.4 Å². The van der Waals surface area contributed by atoms with E-state index < -0.39 is 0 Å². The van der Waals surface area contributed by atoms with Crippen molar-refractivity contribution < 1.29 is 4.79 Å². The lowest BCUT2D eigenvalue weighted by Crippen LogP contribution is -2.15. The minimum Gasteiger partial charge on any atom is -0.333 e. The Bertz CT molecular complexity index is 201. The molecule has 0 aromatic heterocycles. The lowest BCUT2D eigenvalue weighted by Gasteiger charge is -2.02. The van der Waals surface area contributed by atoms with E-state index >= 15 is 0 Å². The molecule has 1 amide bonds. The molecule has 2 nitrogen and oxygen atoms in total. The van der Waals surface area contributed by atoms with Crippen LogP contribution < -0.4 is 5.32 Å². The zero-order chi connectivity index (χ0) is 13.5. The molecule has 0 atom stereocenters. The van der Waals surface area contributed by atoms with Crippen molar-refractivity contribution in [2.24, 2.45) is 0 Å². The molecule has 0 saturated heterocycles. The maximum Gasteiger partial charge on any atom is 0.223 e. The van der Waals surface area contributed by atoms with Gasteiger partial charge in [0.15, 0.2) is 0 Å². The van der Waals surface area contributed by atoms with Gasteiger partial charge in [-0.25, -0.2) is 0 Å². The molecule has 0 unspecified atom stereocenters.